The van der Waals surface area contributed by atoms with Gasteiger partial charge in [0.1, 0.15) is 22.8 Å². The first-order valence-corrected chi connectivity index (χ1v) is 14.6. The topological polar surface area (TPSA) is 110 Å². The first-order chi connectivity index (χ1) is 17.3. The number of phenols is 1. The van der Waals surface area contributed by atoms with Crippen molar-refractivity contribution in [2.24, 2.45) is 0 Å². The van der Waals surface area contributed by atoms with Crippen LogP contribution in [0.2, 0.25) is 0 Å². The molecule has 0 aliphatic carbocycles. The summed E-state index contributed by atoms with van der Waals surface area (Å²) in [5.74, 6) is -0.787. The molecule has 2 N–H and O–H groups in total. The van der Waals surface area contributed by atoms with Gasteiger partial charge in [0.25, 0.3) is 0 Å². The third-order valence-corrected chi connectivity index (χ3v) is 7.79. The van der Waals surface area contributed by atoms with Crippen molar-refractivity contribution in [3.8, 4) is 17.2 Å². The molecule has 0 atom stereocenters. The number of rotatable bonds is 19. The fourth-order valence-electron chi connectivity index (χ4n) is 3.86. The summed E-state index contributed by atoms with van der Waals surface area (Å²) >= 11 is 0. The molecule has 8 heteroatoms. The van der Waals surface area contributed by atoms with Crippen LogP contribution in [0.5, 0.6) is 17.2 Å². The Bertz CT molecular complexity index is 1020. The van der Waals surface area contributed by atoms with Crippen LogP contribution in [-0.2, 0) is 9.84 Å². The lowest BCUT2D eigenvalue weighted by atomic mass is 10.1. The largest absolute Gasteiger partial charge is 0.507 e. The zero-order chi connectivity index (χ0) is 26.2. The van der Waals surface area contributed by atoms with Gasteiger partial charge in [-0.05, 0) is 49.2 Å². The van der Waals surface area contributed by atoms with E-state index in [1.54, 1.807) is 24.3 Å². The molecular formula is C28H40O7S. The van der Waals surface area contributed by atoms with Gasteiger partial charge in [-0.15, -0.1) is 0 Å². The van der Waals surface area contributed by atoms with Crippen molar-refractivity contribution in [2.45, 2.75) is 82.4 Å². The number of hydrogen-bond donors (Lipinski definition) is 2. The van der Waals surface area contributed by atoms with Gasteiger partial charge in [0.15, 0.2) is 9.84 Å². The molecule has 0 aliphatic heterocycles. The monoisotopic (exact) mass is 520 g/mol. The van der Waals surface area contributed by atoms with Crippen LogP contribution < -0.4 is 9.47 Å². The lowest BCUT2D eigenvalue weighted by Gasteiger charge is -2.09. The normalized spacial score (nSPS) is 11.4. The second kappa shape index (κ2) is 16.1. The molecule has 0 spiro atoms. The van der Waals surface area contributed by atoms with Crippen molar-refractivity contribution in [2.75, 3.05) is 19.0 Å². The fraction of sp³-hybridized carbons (Fsp3) is 0.536. The second-order valence-electron chi connectivity index (χ2n) is 9.01. The number of carboxylic acid groups (broad SMARTS) is 1. The number of sulfone groups is 1. The van der Waals surface area contributed by atoms with E-state index in [9.17, 15) is 18.3 Å². The van der Waals surface area contributed by atoms with Gasteiger partial charge in [-0.2, -0.15) is 0 Å². The molecule has 0 amide bonds. The summed E-state index contributed by atoms with van der Waals surface area (Å²) < 4.78 is 36.4. The maximum absolute atomic E-state index is 12.6. The Labute approximate surface area is 215 Å². The minimum atomic E-state index is -3.47. The SMILES string of the molecule is CCCCCCCCCCCCOc1ccc(S(=O)(=O)CCCOc2ccc(C(=O)O)c(O)c2)cc1. The van der Waals surface area contributed by atoms with Crippen LogP contribution in [0.1, 0.15) is 87.9 Å². The molecular weight excluding hydrogens is 480 g/mol. The van der Waals surface area contributed by atoms with Crippen LogP contribution in [-0.4, -0.2) is 43.6 Å². The fourth-order valence-corrected chi connectivity index (χ4v) is 5.15. The van der Waals surface area contributed by atoms with Crippen LogP contribution in [0, 0.1) is 0 Å². The zero-order valence-electron chi connectivity index (χ0n) is 21.3. The van der Waals surface area contributed by atoms with Gasteiger partial charge in [-0.25, -0.2) is 13.2 Å². The van der Waals surface area contributed by atoms with Crippen molar-refractivity contribution in [3.63, 3.8) is 0 Å². The molecule has 2 aromatic rings. The Morgan fingerprint density at radius 2 is 1.28 bits per heavy atom. The van der Waals surface area contributed by atoms with Crippen LogP contribution >= 0.6 is 0 Å². The Hall–Kier alpha value is -2.74. The number of carbonyl (C=O) groups is 1. The molecule has 2 aromatic carbocycles. The second-order valence-corrected chi connectivity index (χ2v) is 11.1. The average Bonchev–Trinajstić information content (AvgIpc) is 2.85. The molecule has 0 bridgehead atoms. The molecule has 200 valence electrons. The van der Waals surface area contributed by atoms with Crippen LogP contribution in [0.3, 0.4) is 0 Å². The lowest BCUT2D eigenvalue weighted by molar-refractivity contribution is 0.0693. The molecule has 2 rings (SSSR count). The summed E-state index contributed by atoms with van der Waals surface area (Å²) in [6, 6.07) is 10.4. The maximum atomic E-state index is 12.6. The molecule has 0 saturated carbocycles. The molecule has 0 aromatic heterocycles. The quantitative estimate of drug-likeness (QED) is 0.200. The summed E-state index contributed by atoms with van der Waals surface area (Å²) in [4.78, 5) is 11.2. The van der Waals surface area contributed by atoms with Crippen LogP contribution in [0.4, 0.5) is 0 Å². The first-order valence-electron chi connectivity index (χ1n) is 13.0. The maximum Gasteiger partial charge on any atom is 0.339 e. The number of ether oxygens (including phenoxy) is 2. The Morgan fingerprint density at radius 3 is 1.86 bits per heavy atom. The highest BCUT2D eigenvalue weighted by atomic mass is 32.2. The van der Waals surface area contributed by atoms with Crippen molar-refractivity contribution in [1.29, 1.82) is 0 Å². The molecule has 0 fully saturated rings. The van der Waals surface area contributed by atoms with Gasteiger partial charge in [0, 0.05) is 6.07 Å². The van der Waals surface area contributed by atoms with Crippen molar-refractivity contribution >= 4 is 15.8 Å². The highest BCUT2D eigenvalue weighted by molar-refractivity contribution is 7.91. The smallest absolute Gasteiger partial charge is 0.339 e. The standard InChI is InChI=1S/C28H40O7S/c1-2-3-4-5-6-7-8-9-10-11-19-34-23-13-16-25(17-14-23)36(32,33)21-12-20-35-24-15-18-26(28(30)31)27(29)22-24/h13-18,22,29H,2-12,19-21H2,1H3,(H,30,31). The van der Waals surface area contributed by atoms with Gasteiger partial charge in [0.2, 0.25) is 0 Å². The predicted octanol–water partition coefficient (Wildman–Crippen LogP) is 6.63. The van der Waals surface area contributed by atoms with Crippen LogP contribution in [0.25, 0.3) is 0 Å². The van der Waals surface area contributed by atoms with E-state index in [0.29, 0.717) is 12.4 Å². The van der Waals surface area contributed by atoms with Crippen molar-refractivity contribution in [3.05, 3.63) is 48.0 Å². The number of unbranched alkanes of at least 4 members (excludes halogenated alkanes) is 9. The first kappa shape index (κ1) is 29.5. The average molecular weight is 521 g/mol. The van der Waals surface area contributed by atoms with E-state index in [2.05, 4.69) is 6.92 Å². The highest BCUT2D eigenvalue weighted by Gasteiger charge is 2.15. The molecule has 0 saturated heterocycles. The summed E-state index contributed by atoms with van der Waals surface area (Å²) in [5, 5.41) is 18.6. The van der Waals surface area contributed by atoms with E-state index in [1.807, 2.05) is 0 Å². The number of benzene rings is 2. The molecule has 0 unspecified atom stereocenters. The van der Waals surface area contributed by atoms with E-state index in [4.69, 9.17) is 14.6 Å². The van der Waals surface area contributed by atoms with Crippen molar-refractivity contribution in [1.82, 2.24) is 0 Å². The van der Waals surface area contributed by atoms with E-state index in [1.165, 1.54) is 69.6 Å². The molecule has 36 heavy (non-hydrogen) atoms. The number of aromatic carboxylic acids is 1. The Morgan fingerprint density at radius 1 is 0.750 bits per heavy atom. The summed E-state index contributed by atoms with van der Waals surface area (Å²) in [7, 11) is -3.47. The third kappa shape index (κ3) is 10.9. The minimum Gasteiger partial charge on any atom is -0.507 e. The number of aromatic hydroxyl groups is 1. The highest BCUT2D eigenvalue weighted by Crippen LogP contribution is 2.24. The van der Waals surface area contributed by atoms with Crippen LogP contribution in [0.15, 0.2) is 47.4 Å². The van der Waals surface area contributed by atoms with E-state index in [-0.39, 0.29) is 35.0 Å². The van der Waals surface area contributed by atoms with Gasteiger partial charge in [-0.1, -0.05) is 64.7 Å². The lowest BCUT2D eigenvalue weighted by Crippen LogP contribution is -2.10. The van der Waals surface area contributed by atoms with E-state index >= 15 is 0 Å². The zero-order valence-corrected chi connectivity index (χ0v) is 22.1. The van der Waals surface area contributed by atoms with Gasteiger partial charge in [0.05, 0.1) is 23.9 Å². The summed E-state index contributed by atoms with van der Waals surface area (Å²) in [6.45, 7) is 2.98. The third-order valence-electron chi connectivity index (χ3n) is 5.98. The molecule has 0 aliphatic rings. The van der Waals surface area contributed by atoms with Gasteiger partial charge in [-0.3, -0.25) is 0 Å². The number of carboxylic acids is 1. The van der Waals surface area contributed by atoms with E-state index < -0.39 is 21.6 Å². The molecule has 0 heterocycles. The van der Waals surface area contributed by atoms with Gasteiger partial charge < -0.3 is 19.7 Å². The number of hydrogen-bond acceptors (Lipinski definition) is 6. The minimum absolute atomic E-state index is 0.0923. The predicted molar refractivity (Wildman–Crippen MR) is 141 cm³/mol. The van der Waals surface area contributed by atoms with Gasteiger partial charge >= 0.3 is 5.97 Å². The van der Waals surface area contributed by atoms with E-state index in [0.717, 1.165) is 12.8 Å². The summed E-state index contributed by atoms with van der Waals surface area (Å²) in [5.41, 5.74) is -0.221. The Balaban J connectivity index is 1.62. The molecule has 7 nitrogen and oxygen atoms in total. The Kier molecular flexibility index (Phi) is 13.2. The van der Waals surface area contributed by atoms with Crippen molar-refractivity contribution < 1.29 is 32.9 Å². The molecule has 0 radical (unpaired) electrons. The summed E-state index contributed by atoms with van der Waals surface area (Å²) in [6.07, 6.45) is 12.9.